The molecule has 4 rings (SSSR count). The molecule has 0 N–H and O–H groups in total. The van der Waals surface area contributed by atoms with Gasteiger partial charge in [0, 0.05) is 19.4 Å². The minimum absolute atomic E-state index is 0.0411. The van der Waals surface area contributed by atoms with E-state index in [0.29, 0.717) is 19.4 Å². The van der Waals surface area contributed by atoms with Crippen LogP contribution in [0.5, 0.6) is 0 Å². The van der Waals surface area contributed by atoms with E-state index in [1.807, 2.05) is 39.0 Å². The first-order valence-corrected chi connectivity index (χ1v) is 16.0. The number of fused-ring (bicyclic) bond motifs is 1. The van der Waals surface area contributed by atoms with Gasteiger partial charge in [-0.15, -0.1) is 6.58 Å². The number of Topliss-reactive ketones (excluding diaryl/α,β-unsaturated/α-hetero) is 1. The fourth-order valence-corrected chi connectivity index (χ4v) is 6.38. The first-order valence-electron chi connectivity index (χ1n) is 16.0. The predicted molar refractivity (Wildman–Crippen MR) is 173 cm³/mol. The van der Waals surface area contributed by atoms with E-state index in [1.54, 1.807) is 38.7 Å². The van der Waals surface area contributed by atoms with Gasteiger partial charge in [-0.2, -0.15) is 0 Å². The summed E-state index contributed by atoms with van der Waals surface area (Å²) in [6.07, 6.45) is 1.95. The van der Waals surface area contributed by atoms with Crippen LogP contribution in [0, 0.1) is 22.7 Å². The van der Waals surface area contributed by atoms with Crippen molar-refractivity contribution in [2.45, 2.75) is 98.5 Å². The van der Waals surface area contributed by atoms with Crippen LogP contribution in [0.3, 0.4) is 0 Å². The monoisotopic (exact) mass is 619 g/mol. The molecular formula is C37H49NO7. The highest BCUT2D eigenvalue weighted by molar-refractivity contribution is 5.96. The zero-order valence-electron chi connectivity index (χ0n) is 27.9. The Kier molecular flexibility index (Phi) is 10.3. The zero-order chi connectivity index (χ0) is 33.2. The van der Waals surface area contributed by atoms with Gasteiger partial charge in [-0.05, 0) is 67.9 Å². The Labute approximate surface area is 267 Å². The molecule has 0 bridgehead atoms. The van der Waals surface area contributed by atoms with E-state index < -0.39 is 46.4 Å². The summed E-state index contributed by atoms with van der Waals surface area (Å²) in [7, 11) is 0. The molecule has 8 nitrogen and oxygen atoms in total. The molecule has 5 atom stereocenters. The highest BCUT2D eigenvalue weighted by Gasteiger charge is 2.61. The van der Waals surface area contributed by atoms with E-state index in [0.717, 1.165) is 16.3 Å². The molecule has 2 aromatic rings. The van der Waals surface area contributed by atoms with Crippen LogP contribution in [-0.2, 0) is 40.0 Å². The molecule has 1 saturated carbocycles. The molecule has 8 heteroatoms. The van der Waals surface area contributed by atoms with Gasteiger partial charge in [-0.1, -0.05) is 63.2 Å². The third-order valence-corrected chi connectivity index (χ3v) is 8.94. The predicted octanol–water partition coefficient (Wildman–Crippen LogP) is 6.43. The topological polar surface area (TPSA) is 99.2 Å². The molecule has 1 saturated heterocycles. The Balaban J connectivity index is 1.58. The van der Waals surface area contributed by atoms with Crippen molar-refractivity contribution in [2.75, 3.05) is 13.2 Å². The number of hydrogen-bond donors (Lipinski definition) is 0. The molecule has 1 heterocycles. The lowest BCUT2D eigenvalue weighted by Crippen LogP contribution is -2.48. The fraction of sp³-hybridized carbons (Fsp3) is 0.568. The molecule has 2 unspecified atom stereocenters. The molecule has 0 spiro atoms. The molecule has 45 heavy (non-hydrogen) atoms. The van der Waals surface area contributed by atoms with Crippen LogP contribution >= 0.6 is 0 Å². The van der Waals surface area contributed by atoms with Crippen LogP contribution in [0.15, 0.2) is 55.1 Å². The van der Waals surface area contributed by atoms with Crippen LogP contribution in [0.1, 0.15) is 79.7 Å². The van der Waals surface area contributed by atoms with E-state index in [2.05, 4.69) is 30.8 Å². The summed E-state index contributed by atoms with van der Waals surface area (Å²) >= 11 is 0. The first-order chi connectivity index (χ1) is 21.1. The number of carbonyl (C=O) groups excluding carboxylic acids is 4. The Morgan fingerprint density at radius 2 is 1.73 bits per heavy atom. The lowest BCUT2D eigenvalue weighted by atomic mass is 9.77. The molecule has 0 aromatic heterocycles. The number of esters is 2. The van der Waals surface area contributed by atoms with Gasteiger partial charge in [-0.3, -0.25) is 19.2 Å². The van der Waals surface area contributed by atoms with Gasteiger partial charge in [0.1, 0.15) is 5.60 Å². The van der Waals surface area contributed by atoms with E-state index in [-0.39, 0.29) is 43.6 Å². The first kappa shape index (κ1) is 34.4. The average Bonchev–Trinajstić information content (AvgIpc) is 3.50. The summed E-state index contributed by atoms with van der Waals surface area (Å²) < 4.78 is 17.3. The van der Waals surface area contributed by atoms with Crippen molar-refractivity contribution >= 4 is 34.4 Å². The van der Waals surface area contributed by atoms with Gasteiger partial charge in [0.25, 0.3) is 0 Å². The molecule has 244 valence electrons. The van der Waals surface area contributed by atoms with Crippen molar-refractivity contribution in [3.63, 3.8) is 0 Å². The van der Waals surface area contributed by atoms with Crippen LogP contribution in [-0.4, -0.2) is 59.4 Å². The van der Waals surface area contributed by atoms with E-state index in [1.165, 1.54) is 0 Å². The van der Waals surface area contributed by atoms with Crippen molar-refractivity contribution < 1.29 is 33.4 Å². The third kappa shape index (κ3) is 8.20. The maximum atomic E-state index is 14.3. The van der Waals surface area contributed by atoms with E-state index in [4.69, 9.17) is 14.2 Å². The second-order valence-corrected chi connectivity index (χ2v) is 14.6. The number of benzene rings is 2. The Hall–Kier alpha value is -3.52. The smallest absolute Gasteiger partial charge is 0.313 e. The zero-order valence-corrected chi connectivity index (χ0v) is 27.9. The van der Waals surface area contributed by atoms with Gasteiger partial charge < -0.3 is 19.1 Å². The van der Waals surface area contributed by atoms with Crippen molar-refractivity contribution in [2.24, 2.45) is 22.7 Å². The summed E-state index contributed by atoms with van der Waals surface area (Å²) in [5.41, 5.74) is -1.23. The number of likely N-dealkylation sites (tertiary alicyclic amines) is 1. The molecule has 2 aliphatic rings. The maximum Gasteiger partial charge on any atom is 0.313 e. The summed E-state index contributed by atoms with van der Waals surface area (Å²) in [6.45, 7) is 17.4. The molecular weight excluding hydrogens is 570 g/mol. The number of rotatable bonds is 12. The van der Waals surface area contributed by atoms with Crippen LogP contribution in [0.2, 0.25) is 0 Å². The van der Waals surface area contributed by atoms with Crippen molar-refractivity contribution in [1.82, 2.24) is 4.90 Å². The molecule has 2 fully saturated rings. The number of amides is 1. The van der Waals surface area contributed by atoms with Crippen molar-refractivity contribution in [1.29, 1.82) is 0 Å². The minimum atomic E-state index is -0.951. The molecule has 2 aromatic carbocycles. The maximum absolute atomic E-state index is 14.3. The van der Waals surface area contributed by atoms with E-state index >= 15 is 0 Å². The Bertz CT molecular complexity index is 1430. The molecule has 1 amide bonds. The Morgan fingerprint density at radius 1 is 1.04 bits per heavy atom. The summed E-state index contributed by atoms with van der Waals surface area (Å²) in [4.78, 5) is 55.8. The lowest BCUT2D eigenvalue weighted by molar-refractivity contribution is -0.161. The van der Waals surface area contributed by atoms with Crippen molar-refractivity contribution in [3.05, 3.63) is 60.7 Å². The summed E-state index contributed by atoms with van der Waals surface area (Å²) in [6, 6.07) is 13.5. The number of hydrogen-bond acceptors (Lipinski definition) is 7. The quantitative estimate of drug-likeness (QED) is 0.199. The normalized spacial score (nSPS) is 23.8. The number of ketones is 1. The van der Waals surface area contributed by atoms with Gasteiger partial charge >= 0.3 is 11.9 Å². The van der Waals surface area contributed by atoms with Crippen LogP contribution in [0.25, 0.3) is 10.8 Å². The highest BCUT2D eigenvalue weighted by atomic mass is 16.6. The third-order valence-electron chi connectivity index (χ3n) is 8.94. The molecule has 1 aliphatic carbocycles. The standard InChI is InChI=1S/C37H49NO7/c1-9-27-20-37(27,34(42)43-10-2)21-31(39)30-18-28(44-23-24-15-16-25-13-11-12-14-26(25)17-24)22-38(30)33(41)29(35(3,4)5)19-32(40)45-36(6,7)8/h9,11-17,27-30H,1,10,18-23H2,2-8H3/t27?,28-,29-,30+,37?/m1/s1. The highest BCUT2D eigenvalue weighted by Crippen LogP contribution is 2.57. The largest absolute Gasteiger partial charge is 0.466 e. The average molecular weight is 620 g/mol. The summed E-state index contributed by atoms with van der Waals surface area (Å²) in [5, 5.41) is 2.24. The second kappa shape index (κ2) is 13.5. The molecule has 0 radical (unpaired) electrons. The summed E-state index contributed by atoms with van der Waals surface area (Å²) in [5.74, 6) is -2.23. The number of allylic oxidation sites excluding steroid dienone is 1. The Morgan fingerprint density at radius 3 is 2.33 bits per heavy atom. The van der Waals surface area contributed by atoms with Crippen LogP contribution < -0.4 is 0 Å². The number of carbonyl (C=O) groups is 4. The fourth-order valence-electron chi connectivity index (χ4n) is 6.38. The van der Waals surface area contributed by atoms with Gasteiger partial charge in [0.2, 0.25) is 5.91 Å². The van der Waals surface area contributed by atoms with E-state index in [9.17, 15) is 19.2 Å². The van der Waals surface area contributed by atoms with Gasteiger partial charge in [0.05, 0.1) is 43.1 Å². The number of nitrogens with zero attached hydrogens (tertiary/aromatic N) is 1. The lowest BCUT2D eigenvalue weighted by Gasteiger charge is -2.35. The minimum Gasteiger partial charge on any atom is -0.466 e. The van der Waals surface area contributed by atoms with Crippen LogP contribution in [0.4, 0.5) is 0 Å². The SMILES string of the molecule is C=CC1CC1(CC(=O)[C@@H]1C[C@@H](OCc2ccc3ccccc3c2)CN1C(=O)[C@@H](CC(=O)OC(C)(C)C)C(C)(C)C)C(=O)OCC. The molecule has 1 aliphatic heterocycles. The van der Waals surface area contributed by atoms with Gasteiger partial charge in [0.15, 0.2) is 5.78 Å². The number of ether oxygens (including phenoxy) is 3. The van der Waals surface area contributed by atoms with Gasteiger partial charge in [-0.25, -0.2) is 0 Å². The second-order valence-electron chi connectivity index (χ2n) is 14.6. The van der Waals surface area contributed by atoms with Crippen molar-refractivity contribution in [3.8, 4) is 0 Å².